The van der Waals surface area contributed by atoms with E-state index < -0.39 is 18.0 Å². The maximum atomic E-state index is 12.6. The third-order valence-corrected chi connectivity index (χ3v) is 3.10. The number of unbranched alkanes of at least 4 members (excludes halogenated alkanes) is 1. The van der Waals surface area contributed by atoms with Gasteiger partial charge in [0.05, 0.1) is 12.2 Å². The molecule has 1 aliphatic rings. The highest BCUT2D eigenvalue weighted by Crippen LogP contribution is 2.35. The molecule has 1 atom stereocenters. The van der Waals surface area contributed by atoms with E-state index in [9.17, 15) is 13.2 Å². The number of hydrogen-bond acceptors (Lipinski definition) is 2. The molecule has 1 aromatic rings. The largest absolute Gasteiger partial charge is 0.465 e. The highest BCUT2D eigenvalue weighted by molar-refractivity contribution is 5.40. The molecule has 19 heavy (non-hydrogen) atoms. The van der Waals surface area contributed by atoms with Crippen LogP contribution in [0, 0.1) is 0 Å². The molecule has 0 saturated carbocycles. The summed E-state index contributed by atoms with van der Waals surface area (Å²) in [7, 11) is 0. The van der Waals surface area contributed by atoms with Gasteiger partial charge in [0.1, 0.15) is 5.75 Å². The molecule has 1 aliphatic heterocycles. The zero-order valence-corrected chi connectivity index (χ0v) is 10.8. The molecule has 0 amide bonds. The average molecular weight is 274 g/mol. The molecule has 0 saturated heterocycles. The van der Waals surface area contributed by atoms with Gasteiger partial charge in [-0.3, -0.25) is 0 Å². The van der Waals surface area contributed by atoms with E-state index in [0.29, 0.717) is 25.2 Å². The van der Waals surface area contributed by atoms with Crippen LogP contribution >= 0.6 is 0 Å². The van der Waals surface area contributed by atoms with Gasteiger partial charge in [0.15, 0.2) is 6.29 Å². The highest BCUT2D eigenvalue weighted by Gasteiger charge is 2.32. The van der Waals surface area contributed by atoms with E-state index in [1.165, 1.54) is 6.07 Å². The molecule has 0 N–H and O–H groups in total. The Kier molecular flexibility index (Phi) is 4.34. The lowest BCUT2D eigenvalue weighted by molar-refractivity contribution is -0.138. The van der Waals surface area contributed by atoms with E-state index in [1.54, 1.807) is 0 Å². The molecule has 1 heterocycles. The molecular weight excluding hydrogens is 257 g/mol. The van der Waals surface area contributed by atoms with Gasteiger partial charge in [0.25, 0.3) is 0 Å². The third-order valence-electron chi connectivity index (χ3n) is 3.10. The molecule has 0 aromatic heterocycles. The van der Waals surface area contributed by atoms with Crippen molar-refractivity contribution in [1.29, 1.82) is 0 Å². The minimum atomic E-state index is -4.34. The van der Waals surface area contributed by atoms with Gasteiger partial charge >= 0.3 is 6.18 Å². The fraction of sp³-hybridized carbons (Fsp3) is 0.571. The minimum absolute atomic E-state index is 0.294. The van der Waals surface area contributed by atoms with E-state index in [0.717, 1.165) is 30.5 Å². The standard InChI is InChI=1S/C14H17F3O2/c1-2-3-8-18-13-7-5-10-4-6-11(14(15,16)17)9-12(10)19-13/h4,6,9,13H,2-3,5,7-8H2,1H3. The van der Waals surface area contributed by atoms with Gasteiger partial charge in [-0.1, -0.05) is 19.4 Å². The second kappa shape index (κ2) is 5.82. The summed E-state index contributed by atoms with van der Waals surface area (Å²) in [6, 6.07) is 3.64. The molecule has 0 spiro atoms. The SMILES string of the molecule is CCCCOC1CCc2ccc(C(F)(F)F)cc2O1. The molecule has 1 aromatic carbocycles. The van der Waals surface area contributed by atoms with Crippen LogP contribution in [0.25, 0.3) is 0 Å². The van der Waals surface area contributed by atoms with Gasteiger partial charge in [-0.2, -0.15) is 13.2 Å². The highest BCUT2D eigenvalue weighted by atomic mass is 19.4. The van der Waals surface area contributed by atoms with E-state index in [4.69, 9.17) is 9.47 Å². The summed E-state index contributed by atoms with van der Waals surface area (Å²) in [6.45, 7) is 2.63. The van der Waals surface area contributed by atoms with Gasteiger partial charge in [-0.15, -0.1) is 0 Å². The first-order valence-corrected chi connectivity index (χ1v) is 6.49. The maximum absolute atomic E-state index is 12.6. The molecule has 0 fully saturated rings. The lowest BCUT2D eigenvalue weighted by Crippen LogP contribution is -2.26. The zero-order valence-electron chi connectivity index (χ0n) is 10.8. The molecule has 1 unspecified atom stereocenters. The van der Waals surface area contributed by atoms with Crippen molar-refractivity contribution in [3.8, 4) is 5.75 Å². The van der Waals surface area contributed by atoms with Gasteiger partial charge in [0.2, 0.25) is 0 Å². The van der Waals surface area contributed by atoms with Crippen molar-refractivity contribution in [2.45, 2.75) is 45.1 Å². The van der Waals surface area contributed by atoms with Crippen molar-refractivity contribution >= 4 is 0 Å². The quantitative estimate of drug-likeness (QED) is 0.767. The predicted molar refractivity (Wildman–Crippen MR) is 65.0 cm³/mol. The van der Waals surface area contributed by atoms with Crippen LogP contribution < -0.4 is 4.74 Å². The van der Waals surface area contributed by atoms with E-state index in [1.807, 2.05) is 0 Å². The van der Waals surface area contributed by atoms with Gasteiger partial charge in [-0.25, -0.2) is 0 Å². The van der Waals surface area contributed by atoms with E-state index in [2.05, 4.69) is 6.92 Å². The molecular formula is C14H17F3O2. The molecule has 0 radical (unpaired) electrons. The van der Waals surface area contributed by atoms with Crippen LogP contribution in [0.2, 0.25) is 0 Å². The summed E-state index contributed by atoms with van der Waals surface area (Å²) < 4.78 is 48.8. The minimum Gasteiger partial charge on any atom is -0.465 e. The Labute approximate surface area is 110 Å². The summed E-state index contributed by atoms with van der Waals surface area (Å²) in [4.78, 5) is 0. The number of rotatable bonds is 4. The Morgan fingerprint density at radius 3 is 2.84 bits per heavy atom. The van der Waals surface area contributed by atoms with Crippen LogP contribution in [0.3, 0.4) is 0 Å². The van der Waals surface area contributed by atoms with Crippen LogP contribution in [0.4, 0.5) is 13.2 Å². The first kappa shape index (κ1) is 14.2. The fourth-order valence-electron chi connectivity index (χ4n) is 2.00. The second-order valence-electron chi connectivity index (χ2n) is 4.63. The monoisotopic (exact) mass is 274 g/mol. The zero-order chi connectivity index (χ0) is 13.9. The number of halogens is 3. The predicted octanol–water partition coefficient (Wildman–Crippen LogP) is 4.17. The number of hydrogen-bond donors (Lipinski definition) is 0. The van der Waals surface area contributed by atoms with Crippen LogP contribution in [0.5, 0.6) is 5.75 Å². The normalized spacial score (nSPS) is 18.8. The van der Waals surface area contributed by atoms with Crippen molar-refractivity contribution in [3.05, 3.63) is 29.3 Å². The fourth-order valence-corrected chi connectivity index (χ4v) is 2.00. The summed E-state index contributed by atoms with van der Waals surface area (Å²) in [6.07, 6.45) is -1.46. The van der Waals surface area contributed by atoms with Crippen LogP contribution in [-0.2, 0) is 17.3 Å². The molecule has 0 aliphatic carbocycles. The van der Waals surface area contributed by atoms with Crippen molar-refractivity contribution in [2.75, 3.05) is 6.61 Å². The topological polar surface area (TPSA) is 18.5 Å². The second-order valence-corrected chi connectivity index (χ2v) is 4.63. The maximum Gasteiger partial charge on any atom is 0.416 e. The number of ether oxygens (including phenoxy) is 2. The van der Waals surface area contributed by atoms with E-state index in [-0.39, 0.29) is 0 Å². The van der Waals surface area contributed by atoms with Crippen LogP contribution in [-0.4, -0.2) is 12.9 Å². The smallest absolute Gasteiger partial charge is 0.416 e. The Morgan fingerprint density at radius 1 is 1.37 bits per heavy atom. The van der Waals surface area contributed by atoms with Crippen LogP contribution in [0.15, 0.2) is 18.2 Å². The molecule has 5 heteroatoms. The van der Waals surface area contributed by atoms with Gasteiger partial charge in [-0.05, 0) is 30.5 Å². The number of fused-ring (bicyclic) bond motifs is 1. The number of benzene rings is 1. The molecule has 106 valence electrons. The third kappa shape index (κ3) is 3.62. The summed E-state index contributed by atoms with van der Waals surface area (Å²) in [5.74, 6) is 0.294. The first-order valence-electron chi connectivity index (χ1n) is 6.49. The Morgan fingerprint density at radius 2 is 2.16 bits per heavy atom. The number of aryl methyl sites for hydroxylation is 1. The lowest BCUT2D eigenvalue weighted by Gasteiger charge is -2.26. The Bertz CT molecular complexity index is 429. The van der Waals surface area contributed by atoms with Crippen LogP contribution in [0.1, 0.15) is 37.3 Å². The molecule has 2 rings (SSSR count). The Hall–Kier alpha value is -1.23. The van der Waals surface area contributed by atoms with Crippen molar-refractivity contribution in [1.82, 2.24) is 0 Å². The molecule has 2 nitrogen and oxygen atoms in total. The molecule has 0 bridgehead atoms. The average Bonchev–Trinajstić information content (AvgIpc) is 2.37. The van der Waals surface area contributed by atoms with Gasteiger partial charge in [0, 0.05) is 6.42 Å². The van der Waals surface area contributed by atoms with Crippen molar-refractivity contribution in [2.24, 2.45) is 0 Å². The van der Waals surface area contributed by atoms with Crippen molar-refractivity contribution < 1.29 is 22.6 Å². The summed E-state index contributed by atoms with van der Waals surface area (Å²) in [5, 5.41) is 0. The van der Waals surface area contributed by atoms with Crippen molar-refractivity contribution in [3.63, 3.8) is 0 Å². The number of alkyl halides is 3. The van der Waals surface area contributed by atoms with Gasteiger partial charge < -0.3 is 9.47 Å². The lowest BCUT2D eigenvalue weighted by atomic mass is 10.0. The summed E-state index contributed by atoms with van der Waals surface area (Å²) >= 11 is 0. The first-order chi connectivity index (χ1) is 9.00. The van der Waals surface area contributed by atoms with E-state index >= 15 is 0 Å². The summed E-state index contributed by atoms with van der Waals surface area (Å²) in [5.41, 5.74) is 0.129. The Balaban J connectivity index is 2.06.